The molecule has 2 aromatic rings. The van der Waals surface area contributed by atoms with Gasteiger partial charge in [-0.25, -0.2) is 4.68 Å². The molecule has 1 heterocycles. The van der Waals surface area contributed by atoms with Crippen molar-refractivity contribution < 1.29 is 4.74 Å². The smallest absolute Gasteiger partial charge is 0.0649 e. The molecule has 0 unspecified atom stereocenters. The Balaban J connectivity index is 2.14. The van der Waals surface area contributed by atoms with E-state index < -0.39 is 0 Å². The normalized spacial score (nSPS) is 10.9. The Morgan fingerprint density at radius 3 is 2.65 bits per heavy atom. The van der Waals surface area contributed by atoms with E-state index in [1.165, 1.54) is 16.8 Å². The summed E-state index contributed by atoms with van der Waals surface area (Å²) < 4.78 is 7.07. The van der Waals surface area contributed by atoms with E-state index in [4.69, 9.17) is 4.74 Å². The van der Waals surface area contributed by atoms with Gasteiger partial charge in [-0.2, -0.15) is 5.10 Å². The van der Waals surface area contributed by atoms with Crippen LogP contribution in [0.15, 0.2) is 30.5 Å². The molecule has 108 valence electrons. The average Bonchev–Trinajstić information content (AvgIpc) is 2.87. The first-order valence-electron chi connectivity index (χ1n) is 7.08. The lowest BCUT2D eigenvalue weighted by molar-refractivity contribution is 0.199. The van der Waals surface area contributed by atoms with E-state index in [0.717, 1.165) is 31.8 Å². The molecule has 0 atom stereocenters. The fourth-order valence-electron chi connectivity index (χ4n) is 2.24. The van der Waals surface area contributed by atoms with Crippen LogP contribution in [-0.4, -0.2) is 30.0 Å². The van der Waals surface area contributed by atoms with Gasteiger partial charge in [0.2, 0.25) is 0 Å². The Labute approximate surface area is 120 Å². The fourth-order valence-corrected chi connectivity index (χ4v) is 2.24. The molecule has 0 bridgehead atoms. The minimum absolute atomic E-state index is 0.730. The van der Waals surface area contributed by atoms with Crippen molar-refractivity contribution in [2.45, 2.75) is 26.8 Å². The van der Waals surface area contributed by atoms with Gasteiger partial charge in [0.05, 0.1) is 18.5 Å². The second kappa shape index (κ2) is 7.22. The van der Waals surface area contributed by atoms with E-state index in [1.54, 1.807) is 7.11 Å². The highest BCUT2D eigenvalue weighted by atomic mass is 16.5. The monoisotopic (exact) mass is 273 g/mol. The number of ether oxygens (including phenoxy) is 1. The summed E-state index contributed by atoms with van der Waals surface area (Å²) in [6.07, 6.45) is 2.92. The third kappa shape index (κ3) is 3.46. The van der Waals surface area contributed by atoms with Crippen LogP contribution in [-0.2, 0) is 17.7 Å². The van der Waals surface area contributed by atoms with Gasteiger partial charge in [0, 0.05) is 31.5 Å². The number of aryl methyl sites for hydroxylation is 1. The molecular formula is C16H23N3O. The topological polar surface area (TPSA) is 39.1 Å². The van der Waals surface area contributed by atoms with Gasteiger partial charge in [0.25, 0.3) is 0 Å². The molecule has 4 nitrogen and oxygen atoms in total. The van der Waals surface area contributed by atoms with Crippen molar-refractivity contribution >= 4 is 0 Å². The zero-order valence-electron chi connectivity index (χ0n) is 12.5. The fraction of sp³-hybridized carbons (Fsp3) is 0.438. The molecule has 0 aliphatic carbocycles. The average molecular weight is 273 g/mol. The lowest BCUT2D eigenvalue weighted by Crippen LogP contribution is -2.19. The van der Waals surface area contributed by atoms with Crippen LogP contribution < -0.4 is 5.32 Å². The minimum Gasteiger partial charge on any atom is -0.383 e. The molecule has 0 aliphatic heterocycles. The van der Waals surface area contributed by atoms with Crippen molar-refractivity contribution in [1.29, 1.82) is 0 Å². The Bertz CT molecular complexity index is 531. The summed E-state index contributed by atoms with van der Waals surface area (Å²) in [5, 5.41) is 7.90. The maximum absolute atomic E-state index is 5.04. The van der Waals surface area contributed by atoms with Gasteiger partial charge in [-0.1, -0.05) is 24.6 Å². The van der Waals surface area contributed by atoms with Gasteiger partial charge < -0.3 is 10.1 Å². The van der Waals surface area contributed by atoms with Gasteiger partial charge in [-0.15, -0.1) is 0 Å². The van der Waals surface area contributed by atoms with Crippen LogP contribution in [0.2, 0.25) is 0 Å². The quantitative estimate of drug-likeness (QED) is 0.788. The van der Waals surface area contributed by atoms with Gasteiger partial charge in [0.15, 0.2) is 0 Å². The van der Waals surface area contributed by atoms with E-state index in [9.17, 15) is 0 Å². The van der Waals surface area contributed by atoms with E-state index in [2.05, 4.69) is 48.5 Å². The maximum atomic E-state index is 5.04. The van der Waals surface area contributed by atoms with E-state index in [0.29, 0.717) is 0 Å². The highest BCUT2D eigenvalue weighted by Crippen LogP contribution is 2.16. The molecule has 0 radical (unpaired) electrons. The van der Waals surface area contributed by atoms with E-state index >= 15 is 0 Å². The van der Waals surface area contributed by atoms with Gasteiger partial charge >= 0.3 is 0 Å². The number of aromatic nitrogens is 2. The second-order valence-electron chi connectivity index (χ2n) is 4.89. The number of nitrogens with zero attached hydrogens (tertiary/aromatic N) is 2. The summed E-state index contributed by atoms with van der Waals surface area (Å²) in [6, 6.07) is 8.47. The lowest BCUT2D eigenvalue weighted by atomic mass is 10.2. The SMILES string of the molecule is CCc1c(CNCCOC)cnn1-c1ccc(C)cc1. The summed E-state index contributed by atoms with van der Waals surface area (Å²) in [5.41, 5.74) is 4.90. The van der Waals surface area contributed by atoms with Crippen LogP contribution in [0.1, 0.15) is 23.7 Å². The molecule has 4 heteroatoms. The Morgan fingerprint density at radius 2 is 2.00 bits per heavy atom. The minimum atomic E-state index is 0.730. The van der Waals surface area contributed by atoms with E-state index in [-0.39, 0.29) is 0 Å². The summed E-state index contributed by atoms with van der Waals surface area (Å²) in [5.74, 6) is 0. The highest BCUT2D eigenvalue weighted by Gasteiger charge is 2.10. The Kier molecular flexibility index (Phi) is 5.32. The molecular weight excluding hydrogens is 250 g/mol. The van der Waals surface area contributed by atoms with Crippen LogP contribution in [0.3, 0.4) is 0 Å². The summed E-state index contributed by atoms with van der Waals surface area (Å²) in [6.45, 7) is 6.68. The van der Waals surface area contributed by atoms with Crippen molar-refractivity contribution in [2.75, 3.05) is 20.3 Å². The first-order valence-corrected chi connectivity index (χ1v) is 7.08. The second-order valence-corrected chi connectivity index (χ2v) is 4.89. The van der Waals surface area contributed by atoms with Crippen LogP contribution in [0.4, 0.5) is 0 Å². The number of hydrogen-bond donors (Lipinski definition) is 1. The standard InChI is InChI=1S/C16H23N3O/c1-4-16-14(11-17-9-10-20-3)12-18-19(16)15-7-5-13(2)6-8-15/h5-8,12,17H,4,9-11H2,1-3H3. The molecule has 0 amide bonds. The molecule has 1 aromatic carbocycles. The molecule has 0 saturated carbocycles. The Hall–Kier alpha value is -1.65. The van der Waals surface area contributed by atoms with Crippen LogP contribution in [0.25, 0.3) is 5.69 Å². The third-order valence-corrected chi connectivity index (χ3v) is 3.37. The number of hydrogen-bond acceptors (Lipinski definition) is 3. The van der Waals surface area contributed by atoms with Crippen LogP contribution in [0, 0.1) is 6.92 Å². The molecule has 0 spiro atoms. The third-order valence-electron chi connectivity index (χ3n) is 3.37. The zero-order valence-corrected chi connectivity index (χ0v) is 12.5. The lowest BCUT2D eigenvalue weighted by Gasteiger charge is -2.09. The van der Waals surface area contributed by atoms with Crippen molar-refractivity contribution in [3.63, 3.8) is 0 Å². The Morgan fingerprint density at radius 1 is 1.25 bits per heavy atom. The molecule has 0 saturated heterocycles. The molecule has 20 heavy (non-hydrogen) atoms. The molecule has 0 fully saturated rings. The largest absolute Gasteiger partial charge is 0.383 e. The van der Waals surface area contributed by atoms with Gasteiger partial charge in [-0.05, 0) is 25.5 Å². The first-order chi connectivity index (χ1) is 9.76. The predicted octanol–water partition coefficient (Wildman–Crippen LogP) is 2.48. The predicted molar refractivity (Wildman–Crippen MR) is 81.3 cm³/mol. The summed E-state index contributed by atoms with van der Waals surface area (Å²) >= 11 is 0. The summed E-state index contributed by atoms with van der Waals surface area (Å²) in [4.78, 5) is 0. The first kappa shape index (κ1) is 14.8. The molecule has 0 aliphatic rings. The van der Waals surface area contributed by atoms with Crippen molar-refractivity contribution in [3.8, 4) is 5.69 Å². The van der Waals surface area contributed by atoms with Gasteiger partial charge in [0.1, 0.15) is 0 Å². The molecule has 1 aromatic heterocycles. The highest BCUT2D eigenvalue weighted by molar-refractivity contribution is 5.37. The number of methoxy groups -OCH3 is 1. The molecule has 1 N–H and O–H groups in total. The van der Waals surface area contributed by atoms with Gasteiger partial charge in [-0.3, -0.25) is 0 Å². The van der Waals surface area contributed by atoms with Crippen molar-refractivity contribution in [1.82, 2.24) is 15.1 Å². The van der Waals surface area contributed by atoms with E-state index in [1.807, 2.05) is 10.9 Å². The number of benzene rings is 1. The van der Waals surface area contributed by atoms with Crippen molar-refractivity contribution in [3.05, 3.63) is 47.3 Å². The number of rotatable bonds is 7. The number of nitrogens with one attached hydrogen (secondary N) is 1. The molecule has 2 rings (SSSR count). The summed E-state index contributed by atoms with van der Waals surface area (Å²) in [7, 11) is 1.72. The maximum Gasteiger partial charge on any atom is 0.0649 e. The zero-order chi connectivity index (χ0) is 14.4. The van der Waals surface area contributed by atoms with Crippen LogP contribution in [0.5, 0.6) is 0 Å². The van der Waals surface area contributed by atoms with Crippen molar-refractivity contribution in [2.24, 2.45) is 0 Å². The van der Waals surface area contributed by atoms with Crippen LogP contribution >= 0.6 is 0 Å².